The van der Waals surface area contributed by atoms with Gasteiger partial charge in [0.1, 0.15) is 11.5 Å². The number of aryl methyl sites for hydroxylation is 1. The van der Waals surface area contributed by atoms with E-state index in [4.69, 9.17) is 14.7 Å². The highest BCUT2D eigenvalue weighted by Crippen LogP contribution is 2.28. The molecule has 3 heterocycles. The molecule has 1 N–H and O–H groups in total. The van der Waals surface area contributed by atoms with E-state index >= 15 is 0 Å². The van der Waals surface area contributed by atoms with Gasteiger partial charge < -0.3 is 14.5 Å². The second kappa shape index (κ2) is 8.16. The van der Waals surface area contributed by atoms with Gasteiger partial charge in [0.25, 0.3) is 0 Å². The summed E-state index contributed by atoms with van der Waals surface area (Å²) in [6, 6.07) is 20.3. The van der Waals surface area contributed by atoms with Gasteiger partial charge in [-0.1, -0.05) is 42.5 Å². The zero-order valence-electron chi connectivity index (χ0n) is 17.5. The maximum Gasteiger partial charge on any atom is 0.163 e. The van der Waals surface area contributed by atoms with E-state index in [0.29, 0.717) is 12.4 Å². The van der Waals surface area contributed by atoms with Gasteiger partial charge in [0.05, 0.1) is 11.6 Å². The molecule has 0 radical (unpaired) electrons. The molecule has 0 fully saturated rings. The summed E-state index contributed by atoms with van der Waals surface area (Å²) in [5.41, 5.74) is 4.99. The number of methoxy groups -OCH3 is 1. The summed E-state index contributed by atoms with van der Waals surface area (Å²) in [5, 5.41) is 4.49. The summed E-state index contributed by atoms with van der Waals surface area (Å²) in [7, 11) is 1.73. The Bertz CT molecular complexity index is 1350. The minimum Gasteiger partial charge on any atom is -0.375 e. The van der Waals surface area contributed by atoms with Crippen LogP contribution >= 0.6 is 0 Å². The summed E-state index contributed by atoms with van der Waals surface area (Å²) >= 11 is 0. The van der Waals surface area contributed by atoms with Crippen molar-refractivity contribution in [2.75, 3.05) is 19.0 Å². The summed E-state index contributed by atoms with van der Waals surface area (Å²) < 4.78 is 7.72. The lowest BCUT2D eigenvalue weighted by Crippen LogP contribution is -2.15. The van der Waals surface area contributed by atoms with Gasteiger partial charge in [0.2, 0.25) is 0 Å². The van der Waals surface area contributed by atoms with E-state index in [1.54, 1.807) is 13.3 Å². The zero-order valence-corrected chi connectivity index (χ0v) is 17.5. The fourth-order valence-electron chi connectivity index (χ4n) is 3.82. The number of fused-ring (bicyclic) bond motifs is 2. The monoisotopic (exact) mass is 409 g/mol. The fourth-order valence-corrected chi connectivity index (χ4v) is 3.82. The van der Waals surface area contributed by atoms with Crippen molar-refractivity contribution in [2.24, 2.45) is 0 Å². The predicted octanol–water partition coefficient (Wildman–Crippen LogP) is 5.05. The molecule has 5 rings (SSSR count). The Kier molecular flexibility index (Phi) is 5.06. The first-order chi connectivity index (χ1) is 15.2. The molecule has 5 aromatic rings. The van der Waals surface area contributed by atoms with Crippen LogP contribution in [-0.2, 0) is 4.74 Å². The third kappa shape index (κ3) is 3.73. The lowest BCUT2D eigenvalue weighted by Gasteiger charge is -2.18. The Morgan fingerprint density at radius 3 is 2.68 bits per heavy atom. The normalized spacial score (nSPS) is 12.3. The Labute approximate surface area is 180 Å². The number of ether oxygens (including phenoxy) is 1. The van der Waals surface area contributed by atoms with E-state index < -0.39 is 0 Å². The van der Waals surface area contributed by atoms with Crippen LogP contribution < -0.4 is 5.32 Å². The fraction of sp³-hybridized carbons (Fsp3) is 0.160. The van der Waals surface area contributed by atoms with Gasteiger partial charge in [0, 0.05) is 43.2 Å². The van der Waals surface area contributed by atoms with E-state index in [-0.39, 0.29) is 6.10 Å². The molecule has 1 unspecified atom stereocenters. The lowest BCUT2D eigenvalue weighted by atomic mass is 10.1. The molecule has 0 saturated carbocycles. The van der Waals surface area contributed by atoms with E-state index in [0.717, 1.165) is 39.1 Å². The number of nitrogens with one attached hydrogen (secondary N) is 1. The van der Waals surface area contributed by atoms with Crippen molar-refractivity contribution >= 4 is 22.4 Å². The first-order valence-corrected chi connectivity index (χ1v) is 10.2. The third-order valence-electron chi connectivity index (χ3n) is 5.49. The topological polar surface area (TPSA) is 64.3 Å². The lowest BCUT2D eigenvalue weighted by molar-refractivity contribution is 0.114. The number of benzene rings is 2. The van der Waals surface area contributed by atoms with E-state index in [9.17, 15) is 0 Å². The molecule has 0 bridgehead atoms. The molecule has 2 aromatic carbocycles. The molecule has 31 heavy (non-hydrogen) atoms. The number of para-hydroxylation sites is 1. The van der Waals surface area contributed by atoms with Gasteiger partial charge in [-0.05, 0) is 36.2 Å². The van der Waals surface area contributed by atoms with Gasteiger partial charge in [-0.3, -0.25) is 0 Å². The van der Waals surface area contributed by atoms with Crippen LogP contribution in [0.5, 0.6) is 0 Å². The molecule has 0 spiro atoms. The van der Waals surface area contributed by atoms with Crippen molar-refractivity contribution in [1.29, 1.82) is 0 Å². The summed E-state index contributed by atoms with van der Waals surface area (Å²) in [4.78, 5) is 14.1. The van der Waals surface area contributed by atoms with Crippen LogP contribution in [0, 0.1) is 6.92 Å². The van der Waals surface area contributed by atoms with Crippen molar-refractivity contribution in [2.45, 2.75) is 13.0 Å². The largest absolute Gasteiger partial charge is 0.375 e. The molecule has 6 heteroatoms. The second-order valence-electron chi connectivity index (χ2n) is 7.49. The van der Waals surface area contributed by atoms with Crippen molar-refractivity contribution in [3.63, 3.8) is 0 Å². The van der Waals surface area contributed by atoms with Crippen molar-refractivity contribution in [1.82, 2.24) is 19.4 Å². The van der Waals surface area contributed by atoms with Crippen LogP contribution in [0.15, 0.2) is 79.3 Å². The van der Waals surface area contributed by atoms with E-state index in [2.05, 4.69) is 35.4 Å². The Morgan fingerprint density at radius 1 is 1.03 bits per heavy atom. The van der Waals surface area contributed by atoms with E-state index in [1.165, 1.54) is 0 Å². The highest BCUT2D eigenvalue weighted by Gasteiger charge is 2.15. The highest BCUT2D eigenvalue weighted by molar-refractivity contribution is 5.90. The smallest absolute Gasteiger partial charge is 0.163 e. The van der Waals surface area contributed by atoms with Crippen LogP contribution in [-0.4, -0.2) is 33.0 Å². The average molecular weight is 409 g/mol. The molecule has 1 atom stereocenters. The molecule has 0 aliphatic rings. The molecule has 0 aliphatic carbocycles. The maximum atomic E-state index is 5.73. The maximum absolute atomic E-state index is 5.73. The molecule has 154 valence electrons. The average Bonchev–Trinajstić information content (AvgIpc) is 3.26. The number of pyridine rings is 1. The number of aromatic nitrogens is 4. The van der Waals surface area contributed by atoms with Gasteiger partial charge in [0.15, 0.2) is 5.82 Å². The minimum atomic E-state index is -0.0811. The molecule has 3 aromatic heterocycles. The van der Waals surface area contributed by atoms with Gasteiger partial charge in [-0.25, -0.2) is 15.0 Å². The highest BCUT2D eigenvalue weighted by atomic mass is 16.5. The summed E-state index contributed by atoms with van der Waals surface area (Å²) in [5.74, 6) is 1.48. The molecule has 0 aliphatic heterocycles. The molecular weight excluding hydrogens is 386 g/mol. The van der Waals surface area contributed by atoms with E-state index in [1.807, 2.05) is 59.3 Å². The van der Waals surface area contributed by atoms with Crippen LogP contribution in [0.4, 0.5) is 5.82 Å². The third-order valence-corrected chi connectivity index (χ3v) is 5.49. The second-order valence-corrected chi connectivity index (χ2v) is 7.49. The standard InChI is InChI=1S/C25H23N5O/c1-17-14-23-26-12-13-30(23)16-20(17)25-28-21-11-7-6-10-19(21)24(29-25)27-15-22(31-2)18-8-4-3-5-9-18/h3-14,16,22H,15H2,1-2H3,(H,27,28,29). The molecule has 0 amide bonds. The van der Waals surface area contributed by atoms with Gasteiger partial charge >= 0.3 is 0 Å². The Morgan fingerprint density at radius 2 is 1.84 bits per heavy atom. The predicted molar refractivity (Wildman–Crippen MR) is 123 cm³/mol. The molecule has 6 nitrogen and oxygen atoms in total. The van der Waals surface area contributed by atoms with Crippen molar-refractivity contribution in [3.8, 4) is 11.4 Å². The first-order valence-electron chi connectivity index (χ1n) is 10.2. The van der Waals surface area contributed by atoms with Gasteiger partial charge in [-0.15, -0.1) is 0 Å². The number of nitrogens with zero attached hydrogens (tertiary/aromatic N) is 4. The number of hydrogen-bond donors (Lipinski definition) is 1. The number of hydrogen-bond acceptors (Lipinski definition) is 5. The quantitative estimate of drug-likeness (QED) is 0.425. The van der Waals surface area contributed by atoms with Crippen LogP contribution in [0.25, 0.3) is 27.9 Å². The summed E-state index contributed by atoms with van der Waals surface area (Å²) in [6.07, 6.45) is 5.68. The molecular formula is C25H23N5O. The van der Waals surface area contributed by atoms with Crippen molar-refractivity contribution < 1.29 is 4.74 Å². The Hall–Kier alpha value is -3.77. The van der Waals surface area contributed by atoms with Crippen LogP contribution in [0.2, 0.25) is 0 Å². The van der Waals surface area contributed by atoms with Crippen LogP contribution in [0.1, 0.15) is 17.2 Å². The minimum absolute atomic E-state index is 0.0811. The summed E-state index contributed by atoms with van der Waals surface area (Å²) in [6.45, 7) is 2.66. The number of rotatable bonds is 6. The van der Waals surface area contributed by atoms with Crippen LogP contribution in [0.3, 0.4) is 0 Å². The van der Waals surface area contributed by atoms with Crippen molar-refractivity contribution in [3.05, 3.63) is 90.4 Å². The number of anilines is 1. The zero-order chi connectivity index (χ0) is 21.2. The first kappa shape index (κ1) is 19.2. The molecule has 0 saturated heterocycles. The Balaban J connectivity index is 1.55. The SMILES string of the molecule is COC(CNc1nc(-c2cn3ccnc3cc2C)nc2ccccc12)c1ccccc1. The van der Waals surface area contributed by atoms with Gasteiger partial charge in [-0.2, -0.15) is 0 Å². The number of imidazole rings is 1.